The van der Waals surface area contributed by atoms with Crippen molar-refractivity contribution in [1.29, 1.82) is 0 Å². The Morgan fingerprint density at radius 1 is 1.17 bits per heavy atom. The van der Waals surface area contributed by atoms with Gasteiger partial charge in [0.2, 0.25) is 0 Å². The minimum absolute atomic E-state index is 0.211. The van der Waals surface area contributed by atoms with Crippen LogP contribution in [0.4, 0.5) is 5.69 Å². The fourth-order valence-corrected chi connectivity index (χ4v) is 4.31. The quantitative estimate of drug-likeness (QED) is 0.343. The van der Waals surface area contributed by atoms with E-state index >= 15 is 0 Å². The third-order valence-electron chi connectivity index (χ3n) is 3.38. The van der Waals surface area contributed by atoms with Gasteiger partial charge in [-0.25, -0.2) is 0 Å². The summed E-state index contributed by atoms with van der Waals surface area (Å²) >= 11 is -0.485. The molecule has 0 aromatic heterocycles. The second kappa shape index (κ2) is 8.64. The van der Waals surface area contributed by atoms with E-state index in [0.717, 1.165) is 11.4 Å². The molecule has 2 rings (SSSR count). The maximum atomic E-state index is 11.1. The number of hydrogen-bond donors (Lipinski definition) is 1. The second-order valence-electron chi connectivity index (χ2n) is 5.27. The van der Waals surface area contributed by atoms with Crippen molar-refractivity contribution in [2.24, 2.45) is 0 Å². The normalized spacial score (nSPS) is 10.9. The molecule has 2 N–H and O–H groups in total. The van der Waals surface area contributed by atoms with Crippen molar-refractivity contribution in [2.75, 3.05) is 19.5 Å². The third kappa shape index (κ3) is 5.64. The predicted octanol–water partition coefficient (Wildman–Crippen LogP) is 1.30. The summed E-state index contributed by atoms with van der Waals surface area (Å²) in [5.41, 5.74) is 8.17. The van der Waals surface area contributed by atoms with E-state index in [1.54, 1.807) is 0 Å². The summed E-state index contributed by atoms with van der Waals surface area (Å²) < 4.78 is 12.8. The number of ether oxygens (including phenoxy) is 2. The zero-order valence-electron chi connectivity index (χ0n) is 13.5. The van der Waals surface area contributed by atoms with Crippen LogP contribution in [-0.2, 0) is 9.53 Å². The van der Waals surface area contributed by atoms with Gasteiger partial charge in [0.05, 0.1) is 0 Å². The molecule has 5 heteroatoms. The Labute approximate surface area is 143 Å². The van der Waals surface area contributed by atoms with Crippen LogP contribution < -0.4 is 19.2 Å². The predicted molar refractivity (Wildman–Crippen MR) is 95.2 cm³/mol. The summed E-state index contributed by atoms with van der Waals surface area (Å²) in [7, 11) is 1.39. The van der Waals surface area contributed by atoms with Gasteiger partial charge in [-0.3, -0.25) is 0 Å². The van der Waals surface area contributed by atoms with Crippen molar-refractivity contribution in [3.8, 4) is 5.75 Å². The molecule has 0 saturated heterocycles. The fourth-order valence-electron chi connectivity index (χ4n) is 2.03. The number of rotatable bonds is 7. The maximum absolute atomic E-state index is 11.1. The number of aryl methyl sites for hydroxylation is 1. The Bertz CT molecular complexity index is 656. The number of carbonyl (C=O) groups is 1. The molecular formula is C18H22AsNO3. The van der Waals surface area contributed by atoms with Crippen molar-refractivity contribution in [1.82, 2.24) is 0 Å². The number of nitrogens with two attached hydrogens (primary N) is 1. The average molecular weight is 375 g/mol. The number of benzene rings is 2. The van der Waals surface area contributed by atoms with Crippen molar-refractivity contribution >= 4 is 36.1 Å². The summed E-state index contributed by atoms with van der Waals surface area (Å²) in [6.45, 7) is 2.57. The van der Waals surface area contributed by atoms with Crippen molar-refractivity contribution in [3.05, 3.63) is 48.0 Å². The SMILES string of the molecule is COC(=O)CCCOc1ccc(N)c([AsH]c2ccc(C)cc2)c1. The van der Waals surface area contributed by atoms with Crippen LogP contribution in [0.3, 0.4) is 0 Å². The van der Waals surface area contributed by atoms with Crippen molar-refractivity contribution < 1.29 is 14.3 Å². The first-order valence-electron chi connectivity index (χ1n) is 7.51. The molecule has 0 aliphatic heterocycles. The molecule has 0 saturated carbocycles. The minimum atomic E-state index is -0.485. The molecule has 1 atom stereocenters. The van der Waals surface area contributed by atoms with Crippen molar-refractivity contribution in [3.63, 3.8) is 0 Å². The Morgan fingerprint density at radius 3 is 2.61 bits per heavy atom. The van der Waals surface area contributed by atoms with Gasteiger partial charge in [0.25, 0.3) is 0 Å². The van der Waals surface area contributed by atoms with Crippen LogP contribution in [-0.4, -0.2) is 35.4 Å². The van der Waals surface area contributed by atoms with Gasteiger partial charge in [0.1, 0.15) is 0 Å². The molecule has 0 aliphatic carbocycles. The van der Waals surface area contributed by atoms with Crippen LogP contribution in [0, 0.1) is 6.92 Å². The number of nitrogen functional groups attached to an aromatic ring is 1. The first kappa shape index (κ1) is 17.4. The molecule has 2 aromatic rings. The molecule has 0 bridgehead atoms. The Morgan fingerprint density at radius 2 is 1.91 bits per heavy atom. The number of anilines is 1. The van der Waals surface area contributed by atoms with Crippen LogP contribution in [0.2, 0.25) is 0 Å². The van der Waals surface area contributed by atoms with Crippen LogP contribution in [0.5, 0.6) is 5.75 Å². The monoisotopic (exact) mass is 375 g/mol. The first-order valence-corrected chi connectivity index (χ1v) is 9.61. The molecule has 4 nitrogen and oxygen atoms in total. The number of esters is 1. The molecule has 23 heavy (non-hydrogen) atoms. The number of carbonyl (C=O) groups excluding carboxylic acids is 1. The standard InChI is InChI=1S/C18H22AsNO3/c1-13-5-7-14(8-6-13)19-16-12-15(9-10-17(16)20)23-11-3-4-18(21)22-2/h5-10,12,19H,3-4,11,20H2,1-2H3. The van der Waals surface area contributed by atoms with Gasteiger partial charge >= 0.3 is 143 Å². The van der Waals surface area contributed by atoms with E-state index < -0.39 is 15.8 Å². The molecule has 0 spiro atoms. The fraction of sp³-hybridized carbons (Fsp3) is 0.278. The Hall–Kier alpha value is -1.93. The van der Waals surface area contributed by atoms with Crippen molar-refractivity contribution in [2.45, 2.75) is 19.8 Å². The van der Waals surface area contributed by atoms with Crippen LogP contribution in [0.15, 0.2) is 42.5 Å². The van der Waals surface area contributed by atoms with Gasteiger partial charge in [-0.15, -0.1) is 0 Å². The van der Waals surface area contributed by atoms with Gasteiger partial charge in [-0.05, 0) is 0 Å². The molecule has 0 radical (unpaired) electrons. The number of hydrogen-bond acceptors (Lipinski definition) is 4. The molecular weight excluding hydrogens is 353 g/mol. The zero-order valence-corrected chi connectivity index (χ0v) is 15.6. The van der Waals surface area contributed by atoms with Gasteiger partial charge in [0, 0.05) is 0 Å². The summed E-state index contributed by atoms with van der Waals surface area (Å²) in [6, 6.07) is 14.4. The average Bonchev–Trinajstić information content (AvgIpc) is 2.56. The molecule has 0 amide bonds. The van der Waals surface area contributed by atoms with E-state index in [4.69, 9.17) is 10.5 Å². The molecule has 0 fully saturated rings. The van der Waals surface area contributed by atoms with E-state index in [1.165, 1.54) is 21.4 Å². The summed E-state index contributed by atoms with van der Waals surface area (Å²) in [4.78, 5) is 11.1. The Kier molecular flexibility index (Phi) is 6.54. The molecule has 2 aromatic carbocycles. The van der Waals surface area contributed by atoms with Crippen LogP contribution in [0.1, 0.15) is 18.4 Å². The van der Waals surface area contributed by atoms with Gasteiger partial charge in [0.15, 0.2) is 0 Å². The summed E-state index contributed by atoms with van der Waals surface area (Å²) in [5, 5.41) is 0. The molecule has 122 valence electrons. The van der Waals surface area contributed by atoms with Gasteiger partial charge in [-0.1, -0.05) is 0 Å². The molecule has 0 heterocycles. The first-order chi connectivity index (χ1) is 11.1. The van der Waals surface area contributed by atoms with Crippen LogP contribution in [0.25, 0.3) is 0 Å². The van der Waals surface area contributed by atoms with Gasteiger partial charge in [-0.2, -0.15) is 0 Å². The molecule has 0 aliphatic rings. The zero-order chi connectivity index (χ0) is 16.7. The Balaban J connectivity index is 1.95. The van der Waals surface area contributed by atoms with Gasteiger partial charge < -0.3 is 0 Å². The summed E-state index contributed by atoms with van der Waals surface area (Å²) in [5.74, 6) is 0.590. The summed E-state index contributed by atoms with van der Waals surface area (Å²) in [6.07, 6.45) is 1.01. The van der Waals surface area contributed by atoms with E-state index in [0.29, 0.717) is 19.4 Å². The second-order valence-corrected chi connectivity index (χ2v) is 8.13. The number of methoxy groups -OCH3 is 1. The third-order valence-corrected chi connectivity index (χ3v) is 6.16. The molecule has 1 unspecified atom stereocenters. The van der Waals surface area contributed by atoms with E-state index in [9.17, 15) is 4.79 Å². The van der Waals surface area contributed by atoms with E-state index in [2.05, 4.69) is 35.9 Å². The van der Waals surface area contributed by atoms with E-state index in [1.807, 2.05) is 18.2 Å². The topological polar surface area (TPSA) is 61.5 Å². The van der Waals surface area contributed by atoms with Crippen LogP contribution >= 0.6 is 0 Å². The van der Waals surface area contributed by atoms with E-state index in [-0.39, 0.29) is 5.97 Å².